The number of carboxylic acid groups (broad SMARTS) is 1. The van der Waals surface area contributed by atoms with E-state index in [4.69, 9.17) is 0 Å². The third-order valence-corrected chi connectivity index (χ3v) is 3.55. The summed E-state index contributed by atoms with van der Waals surface area (Å²) in [5, 5.41) is 9.36. The molecule has 0 saturated carbocycles. The quantitative estimate of drug-likeness (QED) is 0.927. The molecular weight excluding hydrogens is 271 g/mol. The molecule has 1 N–H and O–H groups in total. The fraction of sp³-hybridized carbons (Fsp3) is 0.500. The molecule has 1 atom stereocenters. The van der Waals surface area contributed by atoms with Crippen molar-refractivity contribution in [2.75, 3.05) is 13.1 Å². The maximum absolute atomic E-state index is 13.0. The highest BCUT2D eigenvalue weighted by molar-refractivity contribution is 5.76. The summed E-state index contributed by atoms with van der Waals surface area (Å²) in [6.45, 7) is 1.03. The van der Waals surface area contributed by atoms with Crippen molar-refractivity contribution >= 4 is 5.97 Å². The van der Waals surface area contributed by atoms with Gasteiger partial charge in [0.15, 0.2) is 0 Å². The number of rotatable bonds is 3. The summed E-state index contributed by atoms with van der Waals surface area (Å²) in [6.07, 6.45) is -1.92. The van der Waals surface area contributed by atoms with Gasteiger partial charge in [-0.2, -0.15) is 13.2 Å². The van der Waals surface area contributed by atoms with Gasteiger partial charge in [0.1, 0.15) is 6.04 Å². The molecular formula is C14H16F3NO2. The molecule has 1 aliphatic heterocycles. The molecule has 0 aliphatic carbocycles. The Balaban J connectivity index is 2.42. The molecule has 0 bridgehead atoms. The minimum atomic E-state index is -4.54. The van der Waals surface area contributed by atoms with Gasteiger partial charge in [-0.1, -0.05) is 24.6 Å². The van der Waals surface area contributed by atoms with E-state index in [1.165, 1.54) is 18.2 Å². The number of hydrogen-bond donors (Lipinski definition) is 1. The lowest BCUT2D eigenvalue weighted by Crippen LogP contribution is -2.38. The van der Waals surface area contributed by atoms with Crippen molar-refractivity contribution in [2.45, 2.75) is 31.5 Å². The van der Waals surface area contributed by atoms with Crippen LogP contribution in [0.25, 0.3) is 0 Å². The molecule has 0 spiro atoms. The van der Waals surface area contributed by atoms with Crippen LogP contribution in [0.5, 0.6) is 0 Å². The monoisotopic (exact) mass is 287 g/mol. The summed E-state index contributed by atoms with van der Waals surface area (Å²) in [6, 6.07) is 3.70. The van der Waals surface area contributed by atoms with Crippen LogP contribution in [0.4, 0.5) is 13.2 Å². The van der Waals surface area contributed by atoms with Crippen LogP contribution in [0.1, 0.15) is 36.4 Å². The van der Waals surface area contributed by atoms with E-state index in [-0.39, 0.29) is 5.56 Å². The van der Waals surface area contributed by atoms with Crippen molar-refractivity contribution in [1.82, 2.24) is 4.90 Å². The second-order valence-electron chi connectivity index (χ2n) is 4.92. The Labute approximate surface area is 115 Å². The van der Waals surface area contributed by atoms with Crippen molar-refractivity contribution in [3.63, 3.8) is 0 Å². The summed E-state index contributed by atoms with van der Waals surface area (Å²) in [7, 11) is 0. The minimum Gasteiger partial charge on any atom is -0.480 e. The molecule has 1 saturated heterocycles. The Bertz CT molecular complexity index is 482. The number of likely N-dealkylation sites (tertiary alicyclic amines) is 1. The Morgan fingerprint density at radius 1 is 1.15 bits per heavy atom. The average molecular weight is 287 g/mol. The third kappa shape index (κ3) is 3.12. The van der Waals surface area contributed by atoms with E-state index in [1.807, 2.05) is 0 Å². The number of alkyl halides is 3. The summed E-state index contributed by atoms with van der Waals surface area (Å²) < 4.78 is 39.1. The first-order valence-corrected chi connectivity index (χ1v) is 6.54. The Morgan fingerprint density at radius 3 is 2.30 bits per heavy atom. The normalized spacial score (nSPS) is 18.8. The zero-order valence-electron chi connectivity index (χ0n) is 10.9. The van der Waals surface area contributed by atoms with Gasteiger partial charge in [0, 0.05) is 0 Å². The number of benzene rings is 1. The average Bonchev–Trinajstić information content (AvgIpc) is 2.39. The van der Waals surface area contributed by atoms with Gasteiger partial charge >= 0.3 is 12.1 Å². The molecule has 20 heavy (non-hydrogen) atoms. The summed E-state index contributed by atoms with van der Waals surface area (Å²) in [4.78, 5) is 13.1. The van der Waals surface area contributed by atoms with E-state index in [2.05, 4.69) is 0 Å². The molecule has 1 aromatic rings. The summed E-state index contributed by atoms with van der Waals surface area (Å²) in [5.41, 5.74) is -1.03. The molecule has 1 aromatic carbocycles. The lowest BCUT2D eigenvalue weighted by Gasteiger charge is -2.33. The first kappa shape index (κ1) is 14.8. The molecule has 1 fully saturated rings. The SMILES string of the molecule is O=C(O)[C@@H](c1ccccc1C(F)(F)F)N1CCCCC1. The number of carbonyl (C=O) groups is 1. The lowest BCUT2D eigenvalue weighted by molar-refractivity contribution is -0.146. The number of carboxylic acids is 1. The van der Waals surface area contributed by atoms with Gasteiger partial charge in [-0.05, 0) is 37.6 Å². The van der Waals surface area contributed by atoms with Gasteiger partial charge < -0.3 is 5.11 Å². The molecule has 0 radical (unpaired) electrons. The first-order chi connectivity index (χ1) is 9.41. The van der Waals surface area contributed by atoms with Crippen LogP contribution in [0.2, 0.25) is 0 Å². The van der Waals surface area contributed by atoms with Crippen LogP contribution in [-0.2, 0) is 11.0 Å². The van der Waals surface area contributed by atoms with E-state index in [0.29, 0.717) is 13.1 Å². The van der Waals surface area contributed by atoms with E-state index in [0.717, 1.165) is 25.3 Å². The Hall–Kier alpha value is -1.56. The maximum Gasteiger partial charge on any atom is 0.416 e. The number of aliphatic carboxylic acids is 1. The second-order valence-corrected chi connectivity index (χ2v) is 4.92. The van der Waals surface area contributed by atoms with Gasteiger partial charge in [-0.25, -0.2) is 0 Å². The topological polar surface area (TPSA) is 40.5 Å². The van der Waals surface area contributed by atoms with Gasteiger partial charge in [0.05, 0.1) is 5.56 Å². The Morgan fingerprint density at radius 2 is 1.75 bits per heavy atom. The predicted molar refractivity (Wildman–Crippen MR) is 67.2 cm³/mol. The summed E-state index contributed by atoms with van der Waals surface area (Å²) >= 11 is 0. The second kappa shape index (κ2) is 5.83. The predicted octanol–water partition coefficient (Wildman–Crippen LogP) is 3.32. The molecule has 1 aliphatic rings. The van der Waals surface area contributed by atoms with Crippen molar-refractivity contribution < 1.29 is 23.1 Å². The molecule has 2 rings (SSSR count). The zero-order chi connectivity index (χ0) is 14.8. The highest BCUT2D eigenvalue weighted by atomic mass is 19.4. The third-order valence-electron chi connectivity index (χ3n) is 3.55. The highest BCUT2D eigenvalue weighted by Gasteiger charge is 2.38. The van der Waals surface area contributed by atoms with Crippen LogP contribution < -0.4 is 0 Å². The molecule has 6 heteroatoms. The van der Waals surface area contributed by atoms with E-state index in [9.17, 15) is 23.1 Å². The van der Waals surface area contributed by atoms with Crippen molar-refractivity contribution in [1.29, 1.82) is 0 Å². The van der Waals surface area contributed by atoms with Gasteiger partial charge in [0.2, 0.25) is 0 Å². The van der Waals surface area contributed by atoms with Crippen LogP contribution in [0, 0.1) is 0 Å². The molecule has 110 valence electrons. The molecule has 3 nitrogen and oxygen atoms in total. The number of nitrogens with zero attached hydrogens (tertiary/aromatic N) is 1. The largest absolute Gasteiger partial charge is 0.480 e. The fourth-order valence-electron chi connectivity index (χ4n) is 2.66. The van der Waals surface area contributed by atoms with Crippen LogP contribution in [0.15, 0.2) is 24.3 Å². The number of halogens is 3. The first-order valence-electron chi connectivity index (χ1n) is 6.54. The van der Waals surface area contributed by atoms with E-state index in [1.54, 1.807) is 4.90 Å². The van der Waals surface area contributed by atoms with Gasteiger partial charge in [-0.15, -0.1) is 0 Å². The van der Waals surface area contributed by atoms with Gasteiger partial charge in [0.25, 0.3) is 0 Å². The zero-order valence-corrected chi connectivity index (χ0v) is 10.9. The van der Waals surface area contributed by atoms with Crippen LogP contribution >= 0.6 is 0 Å². The standard InChI is InChI=1S/C14H16F3NO2/c15-14(16,17)11-7-3-2-6-10(11)12(13(19)20)18-8-4-1-5-9-18/h2-3,6-7,12H,1,4-5,8-9H2,(H,19,20)/t12-/m1/s1. The Kier molecular flexibility index (Phi) is 4.32. The number of piperidine rings is 1. The fourth-order valence-corrected chi connectivity index (χ4v) is 2.66. The minimum absolute atomic E-state index is 0.172. The smallest absolute Gasteiger partial charge is 0.416 e. The molecule has 0 unspecified atom stereocenters. The van der Waals surface area contributed by atoms with Crippen molar-refractivity contribution in [2.24, 2.45) is 0 Å². The van der Waals surface area contributed by atoms with Crippen LogP contribution in [-0.4, -0.2) is 29.1 Å². The molecule has 1 heterocycles. The molecule has 0 amide bonds. The summed E-state index contributed by atoms with van der Waals surface area (Å²) in [5.74, 6) is -1.23. The van der Waals surface area contributed by atoms with E-state index >= 15 is 0 Å². The maximum atomic E-state index is 13.0. The van der Waals surface area contributed by atoms with Crippen LogP contribution in [0.3, 0.4) is 0 Å². The number of hydrogen-bond acceptors (Lipinski definition) is 2. The van der Waals surface area contributed by atoms with E-state index < -0.39 is 23.8 Å². The van der Waals surface area contributed by atoms with Gasteiger partial charge in [-0.3, -0.25) is 9.69 Å². The van der Waals surface area contributed by atoms with Crippen molar-refractivity contribution in [3.05, 3.63) is 35.4 Å². The van der Waals surface area contributed by atoms with Crippen molar-refractivity contribution in [3.8, 4) is 0 Å². The molecule has 0 aromatic heterocycles. The lowest BCUT2D eigenvalue weighted by atomic mass is 9.96. The highest BCUT2D eigenvalue weighted by Crippen LogP contribution is 2.37.